The average Bonchev–Trinajstić information content (AvgIpc) is 3.56. The monoisotopic (exact) mass is 424 g/mol. The molecule has 0 radical (unpaired) electrons. The molecule has 5 aromatic rings. The molecule has 1 atom stereocenters. The van der Waals surface area contributed by atoms with Crippen LogP contribution in [-0.2, 0) is 0 Å². The van der Waals surface area contributed by atoms with Crippen LogP contribution in [0.2, 0.25) is 0 Å². The molecule has 1 unspecified atom stereocenters. The number of likely N-dealkylation sites (tertiary alicyclic amines) is 1. The summed E-state index contributed by atoms with van der Waals surface area (Å²) in [5.74, 6) is 0.945. The maximum Gasteiger partial charge on any atom is 0.290 e. The van der Waals surface area contributed by atoms with Crippen molar-refractivity contribution in [3.8, 4) is 11.6 Å². The molecular formula is C25H20N4O3. The largest absolute Gasteiger partial charge is 0.451 e. The summed E-state index contributed by atoms with van der Waals surface area (Å²) in [5, 5.41) is 11.5. The first-order chi connectivity index (χ1) is 15.7. The minimum Gasteiger partial charge on any atom is -0.451 e. The highest BCUT2D eigenvalue weighted by Gasteiger charge is 2.36. The molecule has 0 saturated carbocycles. The Morgan fingerprint density at radius 1 is 1.03 bits per heavy atom. The zero-order valence-electron chi connectivity index (χ0n) is 17.5. The average molecular weight is 424 g/mol. The molecule has 0 bridgehead atoms. The van der Waals surface area contributed by atoms with Gasteiger partial charge < -0.3 is 13.7 Å². The number of nitrogens with zero attached hydrogens (tertiary/aromatic N) is 4. The molecule has 1 aliphatic heterocycles. The Balaban J connectivity index is 1.32. The van der Waals surface area contributed by atoms with Gasteiger partial charge in [-0.25, -0.2) is 0 Å². The summed E-state index contributed by atoms with van der Waals surface area (Å²) in [6.45, 7) is 2.63. The van der Waals surface area contributed by atoms with Gasteiger partial charge in [-0.15, -0.1) is 10.2 Å². The molecule has 1 amide bonds. The number of fused-ring (bicyclic) bond motifs is 2. The number of hydrogen-bond donors (Lipinski definition) is 0. The zero-order valence-corrected chi connectivity index (χ0v) is 17.5. The molecule has 0 aliphatic carbocycles. The second-order valence-electron chi connectivity index (χ2n) is 8.13. The van der Waals surface area contributed by atoms with Gasteiger partial charge in [-0.05, 0) is 49.4 Å². The van der Waals surface area contributed by atoms with Gasteiger partial charge in [0.15, 0.2) is 5.76 Å². The number of rotatable bonds is 3. The number of carbonyl (C=O) groups is 1. The molecule has 0 N–H and O–H groups in total. The van der Waals surface area contributed by atoms with E-state index in [2.05, 4.69) is 15.2 Å². The molecule has 1 aliphatic rings. The predicted octanol–water partition coefficient (Wildman–Crippen LogP) is 5.32. The maximum absolute atomic E-state index is 13.3. The normalized spacial score (nSPS) is 16.3. The number of amides is 1. The Morgan fingerprint density at radius 2 is 1.94 bits per heavy atom. The van der Waals surface area contributed by atoms with Gasteiger partial charge in [0.1, 0.15) is 17.3 Å². The first-order valence-electron chi connectivity index (χ1n) is 10.7. The van der Waals surface area contributed by atoms with Crippen molar-refractivity contribution < 1.29 is 13.6 Å². The number of furan rings is 1. The number of aromatic nitrogens is 3. The smallest absolute Gasteiger partial charge is 0.290 e. The number of aryl methyl sites for hydroxylation is 1. The van der Waals surface area contributed by atoms with Crippen molar-refractivity contribution in [2.45, 2.75) is 25.8 Å². The van der Waals surface area contributed by atoms with Crippen molar-refractivity contribution >= 4 is 27.6 Å². The molecule has 7 heteroatoms. The summed E-state index contributed by atoms with van der Waals surface area (Å²) >= 11 is 0. The summed E-state index contributed by atoms with van der Waals surface area (Å²) in [7, 11) is 0. The Hall–Kier alpha value is -4.00. The second kappa shape index (κ2) is 7.30. The summed E-state index contributed by atoms with van der Waals surface area (Å²) in [6.07, 6.45) is 3.35. The van der Waals surface area contributed by atoms with Crippen molar-refractivity contribution in [3.05, 3.63) is 78.0 Å². The molecule has 6 rings (SSSR count). The van der Waals surface area contributed by atoms with E-state index in [1.807, 2.05) is 55.5 Å². The fourth-order valence-electron chi connectivity index (χ4n) is 4.43. The third kappa shape index (κ3) is 3.05. The lowest BCUT2D eigenvalue weighted by atomic mass is 10.1. The predicted molar refractivity (Wildman–Crippen MR) is 119 cm³/mol. The summed E-state index contributed by atoms with van der Waals surface area (Å²) in [5.41, 5.74) is 2.47. The maximum atomic E-state index is 13.3. The number of carbonyl (C=O) groups excluding carboxylic acids is 1. The lowest BCUT2D eigenvalue weighted by Gasteiger charge is -2.20. The standard InChI is InChI=1S/C25H20N4O3/c1-15-8-9-20-17(13-15)14-21(31-20)25(30)29-12-4-7-19(29)23-27-28-24(32-23)22-18-6-3-2-5-16(18)10-11-26-22/h2-3,5-6,8-11,13-14,19H,4,7,12H2,1H3. The molecule has 7 nitrogen and oxygen atoms in total. The van der Waals surface area contributed by atoms with Crippen LogP contribution in [0.25, 0.3) is 33.3 Å². The van der Waals surface area contributed by atoms with Gasteiger partial charge in [0.05, 0.1) is 0 Å². The van der Waals surface area contributed by atoms with Crippen LogP contribution in [0.5, 0.6) is 0 Å². The van der Waals surface area contributed by atoms with Crippen LogP contribution >= 0.6 is 0 Å². The molecule has 158 valence electrons. The lowest BCUT2D eigenvalue weighted by Crippen LogP contribution is -2.30. The Kier molecular flexibility index (Phi) is 4.28. The lowest BCUT2D eigenvalue weighted by molar-refractivity contribution is 0.0686. The molecule has 0 spiro atoms. The quantitative estimate of drug-likeness (QED) is 0.390. The van der Waals surface area contributed by atoms with E-state index in [0.717, 1.165) is 34.6 Å². The zero-order chi connectivity index (χ0) is 21.7. The van der Waals surface area contributed by atoms with E-state index in [-0.39, 0.29) is 11.9 Å². The highest BCUT2D eigenvalue weighted by molar-refractivity contribution is 5.96. The first-order valence-corrected chi connectivity index (χ1v) is 10.7. The minimum absolute atomic E-state index is 0.163. The molecule has 1 fully saturated rings. The fourth-order valence-corrected chi connectivity index (χ4v) is 4.43. The minimum atomic E-state index is -0.284. The van der Waals surface area contributed by atoms with Gasteiger partial charge >= 0.3 is 0 Å². The van der Waals surface area contributed by atoms with Crippen molar-refractivity contribution in [1.82, 2.24) is 20.1 Å². The van der Waals surface area contributed by atoms with E-state index in [9.17, 15) is 4.79 Å². The number of benzene rings is 2. The van der Waals surface area contributed by atoms with Gasteiger partial charge in [-0.1, -0.05) is 35.9 Å². The molecule has 4 heterocycles. The van der Waals surface area contributed by atoms with E-state index in [4.69, 9.17) is 8.83 Å². The molecular weight excluding hydrogens is 404 g/mol. The van der Waals surface area contributed by atoms with Crippen LogP contribution in [-0.4, -0.2) is 32.5 Å². The Morgan fingerprint density at radius 3 is 2.88 bits per heavy atom. The van der Waals surface area contributed by atoms with Crippen molar-refractivity contribution in [2.24, 2.45) is 0 Å². The SMILES string of the molecule is Cc1ccc2oc(C(=O)N3CCCC3c3nnc(-c4nccc5ccccc45)o3)cc2c1. The van der Waals surface area contributed by atoms with Crippen molar-refractivity contribution in [3.63, 3.8) is 0 Å². The van der Waals surface area contributed by atoms with Crippen molar-refractivity contribution in [2.75, 3.05) is 6.54 Å². The van der Waals surface area contributed by atoms with Crippen LogP contribution < -0.4 is 0 Å². The van der Waals surface area contributed by atoms with Gasteiger partial charge in [0.25, 0.3) is 11.8 Å². The van der Waals surface area contributed by atoms with Crippen LogP contribution in [0.4, 0.5) is 0 Å². The van der Waals surface area contributed by atoms with E-state index >= 15 is 0 Å². The summed E-state index contributed by atoms with van der Waals surface area (Å²) in [6, 6.07) is 17.3. The van der Waals surface area contributed by atoms with E-state index in [1.54, 1.807) is 17.2 Å². The highest BCUT2D eigenvalue weighted by Crippen LogP contribution is 2.35. The van der Waals surface area contributed by atoms with Gasteiger partial charge in [-0.3, -0.25) is 9.78 Å². The fraction of sp³-hybridized carbons (Fsp3) is 0.200. The second-order valence-corrected chi connectivity index (χ2v) is 8.13. The third-order valence-corrected chi connectivity index (χ3v) is 6.00. The van der Waals surface area contributed by atoms with Crippen LogP contribution in [0, 0.1) is 6.92 Å². The first kappa shape index (κ1) is 18.7. The molecule has 32 heavy (non-hydrogen) atoms. The Labute approximate surface area is 183 Å². The van der Waals surface area contributed by atoms with E-state index < -0.39 is 0 Å². The summed E-state index contributed by atoms with van der Waals surface area (Å²) < 4.78 is 11.9. The van der Waals surface area contributed by atoms with Gasteiger partial charge in [0.2, 0.25) is 5.89 Å². The van der Waals surface area contributed by atoms with Gasteiger partial charge in [-0.2, -0.15) is 0 Å². The van der Waals surface area contributed by atoms with E-state index in [0.29, 0.717) is 35.4 Å². The third-order valence-electron chi connectivity index (χ3n) is 6.00. The molecule has 2 aromatic carbocycles. The Bertz CT molecular complexity index is 1460. The van der Waals surface area contributed by atoms with Crippen LogP contribution in [0.1, 0.15) is 40.9 Å². The van der Waals surface area contributed by atoms with Gasteiger partial charge in [0, 0.05) is 23.5 Å². The molecule has 3 aromatic heterocycles. The topological polar surface area (TPSA) is 85.3 Å². The summed E-state index contributed by atoms with van der Waals surface area (Å²) in [4.78, 5) is 19.5. The number of hydrogen-bond acceptors (Lipinski definition) is 6. The van der Waals surface area contributed by atoms with Crippen LogP contribution in [0.15, 0.2) is 69.6 Å². The molecule has 1 saturated heterocycles. The van der Waals surface area contributed by atoms with Crippen LogP contribution in [0.3, 0.4) is 0 Å². The number of pyridine rings is 1. The highest BCUT2D eigenvalue weighted by atomic mass is 16.4. The van der Waals surface area contributed by atoms with Crippen molar-refractivity contribution in [1.29, 1.82) is 0 Å². The van der Waals surface area contributed by atoms with E-state index in [1.165, 1.54) is 0 Å².